The Kier molecular flexibility index (Phi) is 41.5. The van der Waals surface area contributed by atoms with E-state index in [1.807, 2.05) is 41.5 Å². The van der Waals surface area contributed by atoms with Gasteiger partial charge in [0.1, 0.15) is 11.5 Å². The minimum Gasteiger partial charge on any atom is -0.493 e. The van der Waals surface area contributed by atoms with E-state index in [1.165, 1.54) is 16.7 Å². The van der Waals surface area contributed by atoms with E-state index in [0.717, 1.165) is 123 Å². The molecule has 17 heteroatoms. The minimum atomic E-state index is -0.777. The molecular formula is C105H142O17. The molecule has 0 fully saturated rings. The summed E-state index contributed by atoms with van der Waals surface area (Å²) in [4.78, 5) is 72.4. The van der Waals surface area contributed by atoms with Gasteiger partial charge < -0.3 is 53.2 Å². The maximum atomic E-state index is 12.3. The van der Waals surface area contributed by atoms with Gasteiger partial charge >= 0.3 is 35.8 Å². The van der Waals surface area contributed by atoms with Crippen molar-refractivity contribution < 1.29 is 82.0 Å². The predicted molar refractivity (Wildman–Crippen MR) is 492 cm³/mol. The van der Waals surface area contributed by atoms with Crippen molar-refractivity contribution in [1.29, 1.82) is 0 Å². The van der Waals surface area contributed by atoms with Gasteiger partial charge in [-0.1, -0.05) is 207 Å². The number of carbonyl (C=O) groups is 6. The number of benzene rings is 6. The van der Waals surface area contributed by atoms with Crippen LogP contribution in [0.25, 0.3) is 44.5 Å². The zero-order valence-electron chi connectivity index (χ0n) is 76.8. The summed E-state index contributed by atoms with van der Waals surface area (Å²) in [5.74, 6) is -1.37. The zero-order chi connectivity index (χ0) is 90.8. The summed E-state index contributed by atoms with van der Waals surface area (Å²) in [6, 6.07) is 38.8. The lowest BCUT2D eigenvalue weighted by Gasteiger charge is -2.43. The Morgan fingerprint density at radius 1 is 0.344 bits per heavy atom. The van der Waals surface area contributed by atoms with Crippen LogP contribution in [0.2, 0.25) is 0 Å². The van der Waals surface area contributed by atoms with Gasteiger partial charge in [0, 0.05) is 51.4 Å². The maximum absolute atomic E-state index is 12.3. The van der Waals surface area contributed by atoms with Gasteiger partial charge in [-0.05, 0) is 280 Å². The largest absolute Gasteiger partial charge is 0.493 e. The molecule has 6 aromatic carbocycles. The van der Waals surface area contributed by atoms with Crippen molar-refractivity contribution in [3.8, 4) is 56.0 Å². The van der Waals surface area contributed by atoms with Gasteiger partial charge in [0.2, 0.25) is 0 Å². The molecule has 0 aliphatic rings. The first-order valence-corrected chi connectivity index (χ1v) is 43.5. The molecule has 664 valence electrons. The van der Waals surface area contributed by atoms with Gasteiger partial charge in [0.25, 0.3) is 0 Å². The summed E-state index contributed by atoms with van der Waals surface area (Å²) in [5, 5.41) is 33.6. The Hall–Kier alpha value is -9.94. The third-order valence-electron chi connectivity index (χ3n) is 22.4. The molecule has 0 saturated carbocycles. The van der Waals surface area contributed by atoms with Gasteiger partial charge in [0.05, 0.1) is 65.1 Å². The van der Waals surface area contributed by atoms with Gasteiger partial charge in [-0.15, -0.1) is 0 Å². The monoisotopic (exact) mass is 1680 g/mol. The van der Waals surface area contributed by atoms with Crippen molar-refractivity contribution in [2.75, 3.05) is 59.5 Å². The topological polar surface area (TPSA) is 237 Å². The fourth-order valence-corrected chi connectivity index (χ4v) is 14.6. The SMILES string of the molecule is C=C(C)C(=O)OCCCc1ccc(-c2ccc(-c3cc(CCCOC(=O)C(=C)C)c(OCCC(C(O)C(C)(C)C)C(O)C(C)(C)C)c(CCCOC(=O)C(=C)C)c3)c(CC)c2)cc1.C=C(C)C(=O)OCCCc1ccc(-c2ccc(-c3cc(CCCOC(=O)C(=C)C)c(OCCC(CC)(CO)C(C)(C)C)c(CCCOC(=O)C(=C)C)c3)c(CC)c2)cc1. The van der Waals surface area contributed by atoms with Gasteiger partial charge in [0.15, 0.2) is 0 Å². The highest BCUT2D eigenvalue weighted by atomic mass is 16.6. The standard InChI is InChI=1S/C54H74O9.C51H68O8/c1-14-39-32-41(40-23-21-38(22-24-40)18-15-28-61-50(57)35(2)3)25-26-45(39)44-33-42(19-16-29-62-51(58)36(4)5)47(43(34-44)20-17-30-63-52(59)37(6)7)60-31-27-46(48(55)53(8,9)10)49(56)54(11,12)13;1-12-39-31-41(40-22-20-38(21-23-40)17-14-27-57-47(53)35(3)4)24-25-45(39)44-32-42(18-15-28-58-48(54)36(5)6)46(43(33-44)19-16-29-59-49(55)37(7)8)56-30-26-51(13-2,34-52)50(9,10)11/h21-26,32-34,46,48-49,55-56H,2,4,6,14-20,27-31H2,1,3,5,7-13H3;20-25,31-33,52H,3,5,7,12-19,26-30,34H2,1-2,4,6,8-11H3. The predicted octanol–water partition coefficient (Wildman–Crippen LogP) is 21.9. The summed E-state index contributed by atoms with van der Waals surface area (Å²) in [7, 11) is 0. The van der Waals surface area contributed by atoms with E-state index in [9.17, 15) is 44.1 Å². The molecule has 0 saturated heterocycles. The molecule has 3 N–H and O–H groups in total. The number of carbonyl (C=O) groups excluding carboxylic acids is 6. The molecular weight excluding hydrogens is 1530 g/mol. The summed E-state index contributed by atoms with van der Waals surface area (Å²) < 4.78 is 45.9. The fraction of sp³-hybridized carbons (Fsp3) is 0.486. The lowest BCUT2D eigenvalue weighted by Crippen LogP contribution is -2.46. The molecule has 0 heterocycles. The molecule has 0 aliphatic heterocycles. The number of aliphatic hydroxyl groups is 3. The molecule has 0 aliphatic carbocycles. The van der Waals surface area contributed by atoms with E-state index in [0.29, 0.717) is 123 Å². The molecule has 0 bridgehead atoms. The smallest absolute Gasteiger partial charge is 0.333 e. The number of ether oxygens (including phenoxy) is 8. The molecule has 6 aromatic rings. The van der Waals surface area contributed by atoms with E-state index < -0.39 is 52.8 Å². The summed E-state index contributed by atoms with van der Waals surface area (Å²) in [5.41, 5.74) is 18.1. The van der Waals surface area contributed by atoms with Crippen LogP contribution in [0.3, 0.4) is 0 Å². The third-order valence-corrected chi connectivity index (χ3v) is 22.4. The Bertz CT molecular complexity index is 4410. The zero-order valence-corrected chi connectivity index (χ0v) is 76.8. The van der Waals surface area contributed by atoms with Crippen molar-refractivity contribution in [1.82, 2.24) is 0 Å². The summed E-state index contributed by atoms with van der Waals surface area (Å²) >= 11 is 0. The Balaban J connectivity index is 0.000000435. The second kappa shape index (κ2) is 49.4. The lowest BCUT2D eigenvalue weighted by atomic mass is 9.63. The average Bonchev–Trinajstić information content (AvgIpc) is 0.781. The Morgan fingerprint density at radius 2 is 0.607 bits per heavy atom. The molecule has 0 amide bonds. The number of aliphatic hydroxyl groups excluding tert-OH is 3. The van der Waals surface area contributed by atoms with Crippen molar-refractivity contribution >= 4 is 35.8 Å². The third kappa shape index (κ3) is 32.1. The highest BCUT2D eigenvalue weighted by Gasteiger charge is 2.41. The molecule has 0 aromatic heterocycles. The van der Waals surface area contributed by atoms with Crippen molar-refractivity contribution in [3.05, 3.63) is 227 Å². The van der Waals surface area contributed by atoms with Crippen LogP contribution in [0.15, 0.2) is 182 Å². The van der Waals surface area contributed by atoms with Crippen LogP contribution in [-0.2, 0) is 109 Å². The van der Waals surface area contributed by atoms with Crippen molar-refractivity contribution in [2.24, 2.45) is 27.6 Å². The first kappa shape index (κ1) is 103. The van der Waals surface area contributed by atoms with Crippen LogP contribution in [0.4, 0.5) is 0 Å². The van der Waals surface area contributed by atoms with Crippen LogP contribution in [0.5, 0.6) is 11.5 Å². The molecule has 0 spiro atoms. The molecule has 17 nitrogen and oxygen atoms in total. The van der Waals surface area contributed by atoms with Gasteiger partial charge in [-0.25, -0.2) is 28.8 Å². The maximum Gasteiger partial charge on any atom is 0.333 e. The lowest BCUT2D eigenvalue weighted by molar-refractivity contribution is -0.139. The summed E-state index contributed by atoms with van der Waals surface area (Å²) in [6.45, 7) is 59.0. The van der Waals surface area contributed by atoms with E-state index in [2.05, 4.69) is 190 Å². The molecule has 0 radical (unpaired) electrons. The van der Waals surface area contributed by atoms with E-state index >= 15 is 0 Å². The second-order valence-electron chi connectivity index (χ2n) is 35.8. The molecule has 6 rings (SSSR count). The molecule has 3 unspecified atom stereocenters. The fourth-order valence-electron chi connectivity index (χ4n) is 14.6. The molecule has 122 heavy (non-hydrogen) atoms. The normalized spacial score (nSPS) is 12.7. The minimum absolute atomic E-state index is 0.0614. The number of hydrogen-bond acceptors (Lipinski definition) is 17. The highest BCUT2D eigenvalue weighted by molar-refractivity contribution is 5.89. The number of aryl methyl sites for hydroxylation is 8. The highest BCUT2D eigenvalue weighted by Crippen LogP contribution is 2.46. The van der Waals surface area contributed by atoms with Crippen LogP contribution in [0.1, 0.15) is 227 Å². The number of rotatable bonds is 48. The van der Waals surface area contributed by atoms with Crippen molar-refractivity contribution in [2.45, 2.75) is 246 Å². The van der Waals surface area contributed by atoms with Crippen LogP contribution in [0, 0.1) is 27.6 Å². The first-order chi connectivity index (χ1) is 57.5. The second-order valence-corrected chi connectivity index (χ2v) is 35.8. The van der Waals surface area contributed by atoms with Gasteiger partial charge in [-0.2, -0.15) is 0 Å². The Morgan fingerprint density at radius 3 is 0.852 bits per heavy atom. The molecule has 3 atom stereocenters. The van der Waals surface area contributed by atoms with E-state index in [4.69, 9.17) is 37.9 Å². The van der Waals surface area contributed by atoms with Crippen LogP contribution >= 0.6 is 0 Å². The van der Waals surface area contributed by atoms with Gasteiger partial charge in [-0.3, -0.25) is 0 Å². The number of hydrogen-bond donors (Lipinski definition) is 3. The first-order valence-electron chi connectivity index (χ1n) is 43.5. The van der Waals surface area contributed by atoms with Crippen LogP contribution in [-0.4, -0.2) is 123 Å². The van der Waals surface area contributed by atoms with E-state index in [-0.39, 0.29) is 62.4 Å². The summed E-state index contributed by atoms with van der Waals surface area (Å²) in [6.07, 6.45) is 9.54. The average molecular weight is 1680 g/mol. The van der Waals surface area contributed by atoms with Crippen LogP contribution < -0.4 is 9.47 Å². The quantitative estimate of drug-likeness (QED) is 0.0139. The van der Waals surface area contributed by atoms with Crippen molar-refractivity contribution in [3.63, 3.8) is 0 Å². The Labute approximate surface area is 729 Å². The van der Waals surface area contributed by atoms with E-state index in [1.54, 1.807) is 41.5 Å². The number of esters is 6.